The fourth-order valence-electron chi connectivity index (χ4n) is 3.34. The lowest BCUT2D eigenvalue weighted by atomic mass is 10.0. The summed E-state index contributed by atoms with van der Waals surface area (Å²) in [6, 6.07) is 10.2. The number of benzene rings is 2. The van der Waals surface area contributed by atoms with Gasteiger partial charge in [-0.3, -0.25) is 0 Å². The number of hydrogen-bond acceptors (Lipinski definition) is 2. The van der Waals surface area contributed by atoms with Crippen molar-refractivity contribution in [2.45, 2.75) is 78.1 Å². The Balaban J connectivity index is 1.79. The summed E-state index contributed by atoms with van der Waals surface area (Å²) in [5.74, 6) is -0.0505. The third-order valence-corrected chi connectivity index (χ3v) is 5.21. The fourth-order valence-corrected chi connectivity index (χ4v) is 3.34. The van der Waals surface area contributed by atoms with Crippen molar-refractivity contribution in [1.29, 1.82) is 0 Å². The third kappa shape index (κ3) is 8.73. The number of unbranched alkanes of at least 4 members (excludes halogenated alkanes) is 6. The van der Waals surface area contributed by atoms with Gasteiger partial charge in [0.15, 0.2) is 23.1 Å². The Labute approximate surface area is 180 Å². The molecule has 166 valence electrons. The second-order valence-electron chi connectivity index (χ2n) is 7.85. The van der Waals surface area contributed by atoms with Gasteiger partial charge in [0.25, 0.3) is 0 Å². The van der Waals surface area contributed by atoms with Gasteiger partial charge in [0.05, 0.1) is 13.2 Å². The summed E-state index contributed by atoms with van der Waals surface area (Å²) in [5.41, 5.74) is 1.75. The van der Waals surface area contributed by atoms with E-state index in [1.807, 2.05) is 12.1 Å². The predicted molar refractivity (Wildman–Crippen MR) is 119 cm³/mol. The van der Waals surface area contributed by atoms with Gasteiger partial charge in [0, 0.05) is 0 Å². The molecule has 2 rings (SSSR count). The maximum absolute atomic E-state index is 14.3. The van der Waals surface area contributed by atoms with Crippen molar-refractivity contribution in [3.63, 3.8) is 0 Å². The predicted octanol–water partition coefficient (Wildman–Crippen LogP) is 7.67. The first kappa shape index (κ1) is 24.2. The molecule has 0 atom stereocenters. The molecule has 0 bridgehead atoms. The van der Waals surface area contributed by atoms with Gasteiger partial charge < -0.3 is 9.47 Å². The average Bonchev–Trinajstić information content (AvgIpc) is 2.74. The highest BCUT2D eigenvalue weighted by molar-refractivity contribution is 5.32. The Bertz CT molecular complexity index is 682. The van der Waals surface area contributed by atoms with E-state index in [0.717, 1.165) is 36.8 Å². The van der Waals surface area contributed by atoms with Crippen LogP contribution in [0.15, 0.2) is 36.4 Å². The first-order chi connectivity index (χ1) is 14.6. The molecule has 0 aliphatic heterocycles. The summed E-state index contributed by atoms with van der Waals surface area (Å²) in [4.78, 5) is 0. The minimum absolute atomic E-state index is 0.307. The molecule has 0 saturated heterocycles. The molecule has 2 aromatic rings. The highest BCUT2D eigenvalue weighted by Crippen LogP contribution is 2.22. The Kier molecular flexibility index (Phi) is 11.3. The van der Waals surface area contributed by atoms with Crippen molar-refractivity contribution in [3.05, 3.63) is 59.2 Å². The van der Waals surface area contributed by atoms with E-state index >= 15 is 0 Å². The monoisotopic (exact) mass is 418 g/mol. The van der Waals surface area contributed by atoms with Crippen molar-refractivity contribution in [3.8, 4) is 11.5 Å². The molecule has 0 fully saturated rings. The largest absolute Gasteiger partial charge is 0.491 e. The molecule has 0 aromatic heterocycles. The zero-order chi connectivity index (χ0) is 21.6. The summed E-state index contributed by atoms with van der Waals surface area (Å²) in [6.07, 6.45) is 10.1. The number of aryl methyl sites for hydroxylation is 2. The highest BCUT2D eigenvalue weighted by Gasteiger charge is 2.08. The second kappa shape index (κ2) is 14.0. The number of rotatable bonds is 15. The van der Waals surface area contributed by atoms with Crippen molar-refractivity contribution >= 4 is 0 Å². The minimum Gasteiger partial charge on any atom is -0.491 e. The van der Waals surface area contributed by atoms with Gasteiger partial charge in [-0.05, 0) is 61.1 Å². The third-order valence-electron chi connectivity index (χ3n) is 5.21. The van der Waals surface area contributed by atoms with Crippen LogP contribution in [-0.4, -0.2) is 13.2 Å². The van der Waals surface area contributed by atoms with E-state index in [4.69, 9.17) is 9.47 Å². The molecular weight excluding hydrogens is 382 g/mol. The van der Waals surface area contributed by atoms with E-state index < -0.39 is 0 Å². The van der Waals surface area contributed by atoms with Gasteiger partial charge in [-0.2, -0.15) is 0 Å². The topological polar surface area (TPSA) is 18.5 Å². The van der Waals surface area contributed by atoms with Gasteiger partial charge in [-0.1, -0.05) is 64.5 Å². The standard InChI is InChI=1S/C26H36F2O2/c1-3-5-7-9-17-29-25-15-13-21(19-23(25)27)11-12-22-14-16-26(24(28)20-22)30-18-10-8-6-4-2/h13-16,19-20H,3-12,17-18H2,1-2H3. The smallest absolute Gasteiger partial charge is 0.165 e. The van der Waals surface area contributed by atoms with Crippen LogP contribution in [0.25, 0.3) is 0 Å². The summed E-state index contributed by atoms with van der Waals surface area (Å²) in [7, 11) is 0. The van der Waals surface area contributed by atoms with Crippen molar-refractivity contribution < 1.29 is 18.3 Å². The molecule has 0 N–H and O–H groups in total. The van der Waals surface area contributed by atoms with E-state index in [9.17, 15) is 8.78 Å². The molecule has 0 radical (unpaired) electrons. The van der Waals surface area contributed by atoms with Gasteiger partial charge in [0.2, 0.25) is 0 Å². The van der Waals surface area contributed by atoms with Crippen molar-refractivity contribution in [1.82, 2.24) is 0 Å². The molecule has 30 heavy (non-hydrogen) atoms. The lowest BCUT2D eigenvalue weighted by Crippen LogP contribution is -2.01. The first-order valence-electron chi connectivity index (χ1n) is 11.5. The van der Waals surface area contributed by atoms with Gasteiger partial charge in [-0.15, -0.1) is 0 Å². The highest BCUT2D eigenvalue weighted by atomic mass is 19.1. The second-order valence-corrected chi connectivity index (χ2v) is 7.85. The van der Waals surface area contributed by atoms with E-state index in [1.54, 1.807) is 12.1 Å². The first-order valence-corrected chi connectivity index (χ1v) is 11.5. The molecule has 0 unspecified atom stereocenters. The number of hydrogen-bond donors (Lipinski definition) is 0. The van der Waals surface area contributed by atoms with Crippen LogP contribution in [0.4, 0.5) is 8.78 Å². The molecule has 4 heteroatoms. The van der Waals surface area contributed by atoms with Crippen LogP contribution >= 0.6 is 0 Å². The van der Waals surface area contributed by atoms with Crippen molar-refractivity contribution in [2.75, 3.05) is 13.2 Å². The molecule has 2 nitrogen and oxygen atoms in total. The van der Waals surface area contributed by atoms with Crippen molar-refractivity contribution in [2.24, 2.45) is 0 Å². The summed E-state index contributed by atoms with van der Waals surface area (Å²) in [5, 5.41) is 0. The van der Waals surface area contributed by atoms with E-state index in [2.05, 4.69) is 13.8 Å². The number of ether oxygens (including phenoxy) is 2. The molecule has 0 heterocycles. The molecule has 0 saturated carbocycles. The maximum Gasteiger partial charge on any atom is 0.165 e. The Morgan fingerprint density at radius 3 is 1.40 bits per heavy atom. The fraction of sp³-hybridized carbons (Fsp3) is 0.538. The minimum atomic E-state index is -0.332. The van der Waals surface area contributed by atoms with Crippen LogP contribution in [0.3, 0.4) is 0 Å². The van der Waals surface area contributed by atoms with Gasteiger partial charge >= 0.3 is 0 Å². The molecule has 0 aliphatic rings. The van der Waals surface area contributed by atoms with Crippen LogP contribution in [0.1, 0.15) is 76.3 Å². The molecule has 2 aromatic carbocycles. The average molecular weight is 419 g/mol. The molecule has 0 spiro atoms. The van der Waals surface area contributed by atoms with E-state index in [0.29, 0.717) is 37.6 Å². The SMILES string of the molecule is CCCCCCOc1ccc(CCc2ccc(OCCCCCC)c(F)c2)cc1F. The molecule has 0 aliphatic carbocycles. The normalized spacial score (nSPS) is 10.9. The van der Waals surface area contributed by atoms with Crippen LogP contribution in [0, 0.1) is 11.6 Å². The summed E-state index contributed by atoms with van der Waals surface area (Å²) < 4.78 is 39.6. The quantitative estimate of drug-likeness (QED) is 0.276. The van der Waals surface area contributed by atoms with E-state index in [-0.39, 0.29) is 11.6 Å². The van der Waals surface area contributed by atoms with Crippen LogP contribution in [0.5, 0.6) is 11.5 Å². The van der Waals surface area contributed by atoms with Crippen LogP contribution < -0.4 is 9.47 Å². The van der Waals surface area contributed by atoms with E-state index in [1.165, 1.54) is 37.8 Å². The zero-order valence-electron chi connectivity index (χ0n) is 18.5. The Hall–Kier alpha value is -2.10. The lowest BCUT2D eigenvalue weighted by molar-refractivity contribution is 0.290. The van der Waals surface area contributed by atoms with Crippen LogP contribution in [0.2, 0.25) is 0 Å². The number of halogens is 2. The summed E-state index contributed by atoms with van der Waals surface area (Å²) in [6.45, 7) is 5.40. The zero-order valence-corrected chi connectivity index (χ0v) is 18.5. The lowest BCUT2D eigenvalue weighted by Gasteiger charge is -2.10. The van der Waals surface area contributed by atoms with Gasteiger partial charge in [-0.25, -0.2) is 8.78 Å². The molecule has 0 amide bonds. The molecular formula is C26H36F2O2. The van der Waals surface area contributed by atoms with Crippen LogP contribution in [-0.2, 0) is 12.8 Å². The Morgan fingerprint density at radius 2 is 1.03 bits per heavy atom. The van der Waals surface area contributed by atoms with Gasteiger partial charge in [0.1, 0.15) is 0 Å². The Morgan fingerprint density at radius 1 is 0.600 bits per heavy atom. The maximum atomic E-state index is 14.3. The summed E-state index contributed by atoms with van der Waals surface area (Å²) >= 11 is 0.